The highest BCUT2D eigenvalue weighted by Crippen LogP contribution is 2.33. The van der Waals surface area contributed by atoms with Gasteiger partial charge in [-0.2, -0.15) is 18.3 Å². The number of alkyl halides is 3. The lowest BCUT2D eigenvalue weighted by molar-refractivity contribution is -0.137. The van der Waals surface area contributed by atoms with Crippen LogP contribution in [0.15, 0.2) is 89.2 Å². The SMILES string of the molecule is COc1cc(/N=N/c2ccccc2-c2ccnc(Nc3ccc(C(F)(F)F)cc3)n2)ccc1C(=O)O. The van der Waals surface area contributed by atoms with Crippen LogP contribution in [-0.2, 0) is 6.18 Å². The molecular weight excluding hydrogens is 475 g/mol. The summed E-state index contributed by atoms with van der Waals surface area (Å²) >= 11 is 0. The van der Waals surface area contributed by atoms with Crippen LogP contribution in [0.5, 0.6) is 5.75 Å². The lowest BCUT2D eigenvalue weighted by Crippen LogP contribution is -2.04. The first-order valence-corrected chi connectivity index (χ1v) is 10.4. The lowest BCUT2D eigenvalue weighted by Gasteiger charge is -2.10. The number of halogens is 3. The van der Waals surface area contributed by atoms with Crippen LogP contribution in [0.2, 0.25) is 0 Å². The molecule has 36 heavy (non-hydrogen) atoms. The predicted octanol–water partition coefficient (Wildman–Crippen LogP) is 7.03. The molecule has 182 valence electrons. The summed E-state index contributed by atoms with van der Waals surface area (Å²) in [6.45, 7) is 0. The minimum absolute atomic E-state index is 0.00547. The van der Waals surface area contributed by atoms with Crippen molar-refractivity contribution in [3.8, 4) is 17.0 Å². The van der Waals surface area contributed by atoms with Crippen LogP contribution in [0, 0.1) is 0 Å². The Labute approximate surface area is 203 Å². The Morgan fingerprint density at radius 3 is 2.44 bits per heavy atom. The van der Waals surface area contributed by atoms with Gasteiger partial charge in [0.2, 0.25) is 5.95 Å². The summed E-state index contributed by atoms with van der Waals surface area (Å²) in [7, 11) is 1.36. The average molecular weight is 493 g/mol. The van der Waals surface area contributed by atoms with Crippen molar-refractivity contribution in [3.05, 3.63) is 90.1 Å². The molecule has 4 aromatic rings. The molecule has 8 nitrogen and oxygen atoms in total. The highest BCUT2D eigenvalue weighted by atomic mass is 19.4. The average Bonchev–Trinajstić information content (AvgIpc) is 2.87. The summed E-state index contributed by atoms with van der Waals surface area (Å²) in [6, 6.07) is 17.6. The molecule has 0 spiro atoms. The van der Waals surface area contributed by atoms with Crippen molar-refractivity contribution in [2.24, 2.45) is 10.2 Å². The molecule has 0 saturated heterocycles. The lowest BCUT2D eigenvalue weighted by atomic mass is 10.1. The maximum absolute atomic E-state index is 12.8. The van der Waals surface area contributed by atoms with Gasteiger partial charge in [0, 0.05) is 23.5 Å². The van der Waals surface area contributed by atoms with Gasteiger partial charge in [0.05, 0.1) is 29.7 Å². The van der Waals surface area contributed by atoms with Gasteiger partial charge in [-0.15, -0.1) is 5.11 Å². The molecule has 4 rings (SSSR count). The summed E-state index contributed by atoms with van der Waals surface area (Å²) in [6.07, 6.45) is -2.91. The molecule has 1 aromatic heterocycles. The number of aromatic nitrogens is 2. The van der Waals surface area contributed by atoms with Crippen molar-refractivity contribution in [1.29, 1.82) is 0 Å². The van der Waals surface area contributed by atoms with Crippen LogP contribution in [-0.4, -0.2) is 28.2 Å². The van der Waals surface area contributed by atoms with Crippen LogP contribution in [0.4, 0.5) is 36.2 Å². The molecule has 0 saturated carbocycles. The monoisotopic (exact) mass is 493 g/mol. The standard InChI is InChI=1S/C25H18F3N5O3/c1-36-22-14-17(10-11-19(22)23(34)35)32-33-21-5-3-2-4-18(21)20-12-13-29-24(31-20)30-16-8-6-15(7-9-16)25(26,27)28/h2-14H,1H3,(H,34,35)(H,29,30,31)/b33-32+. The van der Waals surface area contributed by atoms with E-state index in [0.717, 1.165) is 12.1 Å². The number of methoxy groups -OCH3 is 1. The smallest absolute Gasteiger partial charge is 0.416 e. The van der Waals surface area contributed by atoms with Gasteiger partial charge >= 0.3 is 12.1 Å². The van der Waals surface area contributed by atoms with E-state index in [9.17, 15) is 23.1 Å². The van der Waals surface area contributed by atoms with E-state index in [1.54, 1.807) is 30.3 Å². The number of nitrogens with zero attached hydrogens (tertiary/aromatic N) is 4. The summed E-state index contributed by atoms with van der Waals surface area (Å²) in [5, 5.41) is 20.6. The van der Waals surface area contributed by atoms with E-state index < -0.39 is 17.7 Å². The maximum atomic E-state index is 12.8. The Morgan fingerprint density at radius 2 is 1.75 bits per heavy atom. The van der Waals surface area contributed by atoms with E-state index in [2.05, 4.69) is 25.5 Å². The number of anilines is 2. The third kappa shape index (κ3) is 5.63. The Kier molecular flexibility index (Phi) is 6.91. The van der Waals surface area contributed by atoms with Gasteiger partial charge in [0.25, 0.3) is 0 Å². The topological polar surface area (TPSA) is 109 Å². The second kappa shape index (κ2) is 10.2. The molecular formula is C25H18F3N5O3. The molecule has 0 unspecified atom stereocenters. The molecule has 0 aliphatic carbocycles. The molecule has 0 fully saturated rings. The molecule has 0 aliphatic heterocycles. The van der Waals surface area contributed by atoms with Crippen LogP contribution in [0.25, 0.3) is 11.3 Å². The molecule has 0 aliphatic rings. The Bertz CT molecular complexity index is 1420. The quantitative estimate of drug-likeness (QED) is 0.268. The third-order valence-electron chi connectivity index (χ3n) is 4.99. The molecule has 0 radical (unpaired) electrons. The number of carboxylic acid groups (broad SMARTS) is 1. The normalized spacial score (nSPS) is 11.4. The van der Waals surface area contributed by atoms with Gasteiger partial charge in [-0.25, -0.2) is 14.8 Å². The molecule has 1 heterocycles. The van der Waals surface area contributed by atoms with Gasteiger partial charge < -0.3 is 15.2 Å². The minimum Gasteiger partial charge on any atom is -0.496 e. The van der Waals surface area contributed by atoms with Crippen molar-refractivity contribution >= 4 is 29.0 Å². The van der Waals surface area contributed by atoms with E-state index in [-0.39, 0.29) is 17.3 Å². The van der Waals surface area contributed by atoms with E-state index in [1.165, 1.54) is 43.6 Å². The van der Waals surface area contributed by atoms with E-state index in [1.807, 2.05) is 0 Å². The number of carbonyl (C=O) groups is 1. The van der Waals surface area contributed by atoms with Gasteiger partial charge in [0.1, 0.15) is 11.3 Å². The Morgan fingerprint density at radius 1 is 1.00 bits per heavy atom. The summed E-state index contributed by atoms with van der Waals surface area (Å²) in [5.41, 5.74) is 1.66. The van der Waals surface area contributed by atoms with Gasteiger partial charge in [-0.3, -0.25) is 0 Å². The first-order valence-electron chi connectivity index (χ1n) is 10.4. The largest absolute Gasteiger partial charge is 0.496 e. The Balaban J connectivity index is 1.59. The van der Waals surface area contributed by atoms with Crippen LogP contribution in [0.1, 0.15) is 15.9 Å². The fourth-order valence-electron chi connectivity index (χ4n) is 3.25. The zero-order valence-electron chi connectivity index (χ0n) is 18.7. The fourth-order valence-corrected chi connectivity index (χ4v) is 3.25. The van der Waals surface area contributed by atoms with Gasteiger partial charge in [-0.1, -0.05) is 18.2 Å². The van der Waals surface area contributed by atoms with Crippen molar-refractivity contribution in [2.75, 3.05) is 12.4 Å². The molecule has 0 atom stereocenters. The summed E-state index contributed by atoms with van der Waals surface area (Å²) < 4.78 is 43.5. The molecule has 0 amide bonds. The molecule has 0 bridgehead atoms. The number of hydrogen-bond donors (Lipinski definition) is 2. The molecule has 3 aromatic carbocycles. The molecule has 11 heteroatoms. The first-order chi connectivity index (χ1) is 17.2. The zero-order valence-corrected chi connectivity index (χ0v) is 18.7. The minimum atomic E-state index is -4.42. The van der Waals surface area contributed by atoms with Crippen molar-refractivity contribution < 1.29 is 27.8 Å². The number of aromatic carboxylic acids is 1. The highest BCUT2D eigenvalue weighted by molar-refractivity contribution is 5.91. The number of hydrogen-bond acceptors (Lipinski definition) is 7. The number of azo groups is 1. The number of nitrogens with one attached hydrogen (secondary N) is 1. The van der Waals surface area contributed by atoms with Crippen molar-refractivity contribution in [1.82, 2.24) is 9.97 Å². The third-order valence-corrected chi connectivity index (χ3v) is 4.99. The number of ether oxygens (including phenoxy) is 1. The maximum Gasteiger partial charge on any atom is 0.416 e. The zero-order chi connectivity index (χ0) is 25.7. The van der Waals surface area contributed by atoms with Gasteiger partial charge in [-0.05, 0) is 48.5 Å². The second-order valence-corrected chi connectivity index (χ2v) is 7.37. The van der Waals surface area contributed by atoms with E-state index in [4.69, 9.17) is 4.74 Å². The molecule has 2 N–H and O–H groups in total. The van der Waals surface area contributed by atoms with Gasteiger partial charge in [0.15, 0.2) is 0 Å². The Hall–Kier alpha value is -4.80. The fraction of sp³-hybridized carbons (Fsp3) is 0.0800. The summed E-state index contributed by atoms with van der Waals surface area (Å²) in [5.74, 6) is -0.778. The summed E-state index contributed by atoms with van der Waals surface area (Å²) in [4.78, 5) is 19.9. The van der Waals surface area contributed by atoms with E-state index in [0.29, 0.717) is 28.3 Å². The van der Waals surface area contributed by atoms with Crippen LogP contribution < -0.4 is 10.1 Å². The van der Waals surface area contributed by atoms with Crippen LogP contribution >= 0.6 is 0 Å². The van der Waals surface area contributed by atoms with Crippen molar-refractivity contribution in [3.63, 3.8) is 0 Å². The number of carboxylic acids is 1. The first kappa shape index (κ1) is 24.3. The number of rotatable bonds is 7. The van der Waals surface area contributed by atoms with E-state index >= 15 is 0 Å². The van der Waals surface area contributed by atoms with Crippen LogP contribution in [0.3, 0.4) is 0 Å². The highest BCUT2D eigenvalue weighted by Gasteiger charge is 2.29. The van der Waals surface area contributed by atoms with Crippen molar-refractivity contribution in [2.45, 2.75) is 6.18 Å². The predicted molar refractivity (Wildman–Crippen MR) is 126 cm³/mol. The second-order valence-electron chi connectivity index (χ2n) is 7.37. The number of benzene rings is 3.